The number of rotatable bonds is 7. The van der Waals surface area contributed by atoms with Gasteiger partial charge in [0, 0.05) is 12.1 Å². The topological polar surface area (TPSA) is 73.6 Å². The number of benzene rings is 1. The van der Waals surface area contributed by atoms with Gasteiger partial charge in [0.1, 0.15) is 0 Å². The molecule has 1 aromatic rings. The van der Waals surface area contributed by atoms with Crippen molar-refractivity contribution in [3.05, 3.63) is 22.2 Å². The first-order valence-corrected chi connectivity index (χ1v) is 7.63. The van der Waals surface area contributed by atoms with Gasteiger partial charge in [-0.15, -0.1) is 0 Å². The van der Waals surface area contributed by atoms with Crippen LogP contribution in [0.25, 0.3) is 0 Å². The Labute approximate surface area is 134 Å². The Morgan fingerprint density at radius 2 is 2.00 bits per heavy atom. The summed E-state index contributed by atoms with van der Waals surface area (Å²) in [6, 6.07) is 3.85. The molecule has 5 nitrogen and oxygen atoms in total. The Hall–Kier alpha value is -1.27. The maximum atomic E-state index is 10.9. The fraction of sp³-hybridized carbons (Fsp3) is 0.533. The molecule has 0 unspecified atom stereocenters. The van der Waals surface area contributed by atoms with Crippen molar-refractivity contribution in [1.82, 2.24) is 5.32 Å². The van der Waals surface area contributed by atoms with Crippen molar-refractivity contribution in [2.24, 2.45) is 5.73 Å². The normalized spacial score (nSPS) is 11.3. The van der Waals surface area contributed by atoms with Gasteiger partial charge < -0.3 is 20.5 Å². The average molecular weight is 359 g/mol. The van der Waals surface area contributed by atoms with Crippen LogP contribution in [-0.2, 0) is 11.3 Å². The number of amides is 1. The van der Waals surface area contributed by atoms with E-state index in [-0.39, 0.29) is 12.1 Å². The third kappa shape index (κ3) is 6.35. The van der Waals surface area contributed by atoms with Crippen molar-refractivity contribution < 1.29 is 14.3 Å². The van der Waals surface area contributed by atoms with Crippen LogP contribution >= 0.6 is 15.9 Å². The quantitative estimate of drug-likeness (QED) is 0.785. The van der Waals surface area contributed by atoms with Crippen molar-refractivity contribution in [3.8, 4) is 11.5 Å². The van der Waals surface area contributed by atoms with Gasteiger partial charge in [0.05, 0.1) is 11.1 Å². The van der Waals surface area contributed by atoms with E-state index in [1.54, 1.807) is 0 Å². The Kier molecular flexibility index (Phi) is 6.48. The Bertz CT molecular complexity index is 498. The predicted octanol–water partition coefficient (Wildman–Crippen LogP) is 2.60. The van der Waals surface area contributed by atoms with Crippen LogP contribution in [0.5, 0.6) is 11.5 Å². The van der Waals surface area contributed by atoms with E-state index >= 15 is 0 Å². The maximum absolute atomic E-state index is 10.9. The van der Waals surface area contributed by atoms with E-state index < -0.39 is 5.91 Å². The Morgan fingerprint density at radius 3 is 2.52 bits per heavy atom. The molecule has 0 heterocycles. The molecule has 6 heteroatoms. The van der Waals surface area contributed by atoms with Crippen molar-refractivity contribution in [2.45, 2.75) is 39.8 Å². The van der Waals surface area contributed by atoms with Crippen LogP contribution in [0.3, 0.4) is 0 Å². The third-order valence-corrected chi connectivity index (χ3v) is 3.14. The van der Waals surface area contributed by atoms with E-state index in [1.807, 2.05) is 19.1 Å². The summed E-state index contributed by atoms with van der Waals surface area (Å²) in [4.78, 5) is 10.9. The summed E-state index contributed by atoms with van der Waals surface area (Å²) in [6.45, 7) is 9.25. The molecular weight excluding hydrogens is 336 g/mol. The van der Waals surface area contributed by atoms with E-state index in [2.05, 4.69) is 42.0 Å². The lowest BCUT2D eigenvalue weighted by atomic mass is 10.1. The number of carbonyl (C=O) groups is 1. The standard InChI is InChI=1S/C15H23BrN2O3/c1-5-20-12-7-10(8-18-15(2,3)4)6-11(16)14(12)21-9-13(17)19/h6-7,18H,5,8-9H2,1-4H3,(H2,17,19). The van der Waals surface area contributed by atoms with Crippen LogP contribution in [0.15, 0.2) is 16.6 Å². The van der Waals surface area contributed by atoms with Gasteiger partial charge >= 0.3 is 0 Å². The molecule has 1 rings (SSSR count). The van der Waals surface area contributed by atoms with Gasteiger partial charge in [0.2, 0.25) is 0 Å². The number of hydrogen-bond acceptors (Lipinski definition) is 4. The predicted molar refractivity (Wildman–Crippen MR) is 86.6 cm³/mol. The van der Waals surface area contributed by atoms with Gasteiger partial charge in [-0.2, -0.15) is 0 Å². The lowest BCUT2D eigenvalue weighted by molar-refractivity contribution is -0.119. The first-order valence-electron chi connectivity index (χ1n) is 6.84. The highest BCUT2D eigenvalue weighted by Gasteiger charge is 2.15. The van der Waals surface area contributed by atoms with Crippen molar-refractivity contribution >= 4 is 21.8 Å². The van der Waals surface area contributed by atoms with E-state index in [0.717, 1.165) is 10.0 Å². The molecule has 118 valence electrons. The second-order valence-corrected chi connectivity index (χ2v) is 6.55. The molecule has 3 N–H and O–H groups in total. The molecule has 0 aliphatic heterocycles. The first kappa shape index (κ1) is 17.8. The molecule has 1 amide bonds. The number of nitrogens with two attached hydrogens (primary N) is 1. The molecule has 0 saturated heterocycles. The smallest absolute Gasteiger partial charge is 0.255 e. The second-order valence-electron chi connectivity index (χ2n) is 5.70. The van der Waals surface area contributed by atoms with Crippen molar-refractivity contribution in [1.29, 1.82) is 0 Å². The number of halogens is 1. The fourth-order valence-corrected chi connectivity index (χ4v) is 2.24. The highest BCUT2D eigenvalue weighted by atomic mass is 79.9. The Balaban J connectivity index is 2.97. The van der Waals surface area contributed by atoms with Crippen LogP contribution in [0.2, 0.25) is 0 Å². The van der Waals surface area contributed by atoms with Crippen molar-refractivity contribution in [3.63, 3.8) is 0 Å². The first-order chi connectivity index (χ1) is 9.73. The van der Waals surface area contributed by atoms with Gasteiger partial charge in [-0.05, 0) is 61.3 Å². The van der Waals surface area contributed by atoms with Gasteiger partial charge in [-0.25, -0.2) is 0 Å². The third-order valence-electron chi connectivity index (χ3n) is 2.55. The van der Waals surface area contributed by atoms with Gasteiger partial charge in [-0.1, -0.05) is 0 Å². The lowest BCUT2D eigenvalue weighted by Crippen LogP contribution is -2.35. The summed E-state index contributed by atoms with van der Waals surface area (Å²) in [5.74, 6) is 0.566. The van der Waals surface area contributed by atoms with Gasteiger partial charge in [0.25, 0.3) is 5.91 Å². The minimum Gasteiger partial charge on any atom is -0.490 e. The molecule has 0 radical (unpaired) electrons. The zero-order chi connectivity index (χ0) is 16.0. The summed E-state index contributed by atoms with van der Waals surface area (Å²) in [5, 5.41) is 3.41. The molecule has 0 aromatic heterocycles. The number of primary amides is 1. The number of ether oxygens (including phenoxy) is 2. The molecule has 0 aliphatic rings. The van der Waals surface area contributed by atoms with E-state index in [9.17, 15) is 4.79 Å². The van der Waals surface area contributed by atoms with Crippen molar-refractivity contribution in [2.75, 3.05) is 13.2 Å². The minimum absolute atomic E-state index is 0.0272. The lowest BCUT2D eigenvalue weighted by Gasteiger charge is -2.21. The summed E-state index contributed by atoms with van der Waals surface area (Å²) in [5.41, 5.74) is 6.20. The van der Waals surface area contributed by atoms with Crippen LogP contribution in [0.4, 0.5) is 0 Å². The minimum atomic E-state index is -0.525. The number of nitrogens with one attached hydrogen (secondary N) is 1. The van der Waals surface area contributed by atoms with E-state index in [4.69, 9.17) is 15.2 Å². The molecule has 1 aromatic carbocycles. The average Bonchev–Trinajstić information content (AvgIpc) is 2.34. The highest BCUT2D eigenvalue weighted by molar-refractivity contribution is 9.10. The molecule has 21 heavy (non-hydrogen) atoms. The summed E-state index contributed by atoms with van der Waals surface area (Å²) in [7, 11) is 0. The van der Waals surface area contributed by atoms with E-state index in [0.29, 0.717) is 24.7 Å². The molecule has 0 atom stereocenters. The van der Waals surface area contributed by atoms with Crippen LogP contribution < -0.4 is 20.5 Å². The van der Waals surface area contributed by atoms with Crippen LogP contribution in [-0.4, -0.2) is 24.7 Å². The fourth-order valence-electron chi connectivity index (χ4n) is 1.64. The monoisotopic (exact) mass is 358 g/mol. The zero-order valence-corrected chi connectivity index (χ0v) is 14.5. The van der Waals surface area contributed by atoms with E-state index in [1.165, 1.54) is 0 Å². The Morgan fingerprint density at radius 1 is 1.33 bits per heavy atom. The van der Waals surface area contributed by atoms with Crippen LogP contribution in [0.1, 0.15) is 33.3 Å². The molecule has 0 bridgehead atoms. The highest BCUT2D eigenvalue weighted by Crippen LogP contribution is 2.37. The van der Waals surface area contributed by atoms with Crippen LogP contribution in [0, 0.1) is 0 Å². The zero-order valence-electron chi connectivity index (χ0n) is 13.0. The number of hydrogen-bond donors (Lipinski definition) is 2. The summed E-state index contributed by atoms with van der Waals surface area (Å²) in [6.07, 6.45) is 0. The SMILES string of the molecule is CCOc1cc(CNC(C)(C)C)cc(Br)c1OCC(N)=O. The molecule has 0 aliphatic carbocycles. The molecule has 0 spiro atoms. The molecule has 0 saturated carbocycles. The second kappa shape index (κ2) is 7.66. The molecule has 0 fully saturated rings. The number of carbonyl (C=O) groups excluding carboxylic acids is 1. The molecular formula is C15H23BrN2O3. The maximum Gasteiger partial charge on any atom is 0.255 e. The van der Waals surface area contributed by atoms with Gasteiger partial charge in [-0.3, -0.25) is 4.79 Å². The van der Waals surface area contributed by atoms with Gasteiger partial charge in [0.15, 0.2) is 18.1 Å². The largest absolute Gasteiger partial charge is 0.490 e. The summed E-state index contributed by atoms with van der Waals surface area (Å²) >= 11 is 3.45. The summed E-state index contributed by atoms with van der Waals surface area (Å²) < 4.78 is 11.7.